The van der Waals surface area contributed by atoms with Gasteiger partial charge in [0.1, 0.15) is 5.01 Å². The first kappa shape index (κ1) is 15.1. The van der Waals surface area contributed by atoms with Crippen LogP contribution in [0.15, 0.2) is 35.3 Å². The summed E-state index contributed by atoms with van der Waals surface area (Å²) in [6.07, 6.45) is 3.85. The van der Waals surface area contributed by atoms with Crippen molar-refractivity contribution in [3.05, 3.63) is 45.9 Å². The summed E-state index contributed by atoms with van der Waals surface area (Å²) in [6, 6.07) is 5.72. The molecule has 0 spiro atoms. The third kappa shape index (κ3) is 3.34. The van der Waals surface area contributed by atoms with E-state index in [1.807, 2.05) is 34.0 Å². The first-order chi connectivity index (χ1) is 10.8. The number of benzene rings is 1. The molecule has 3 aromatic rings. The normalized spacial score (nSPS) is 11.0. The standard InChI is InChI=1S/C16H17N3OS2/c1-2-3-7-19(10-15-17-6-8-21-15)16(20)12-4-5-13-14(9-12)22-11-18-13/h4-6,8-9,11H,2-3,7,10H2,1H3. The van der Waals surface area contributed by atoms with Gasteiger partial charge in [-0.2, -0.15) is 0 Å². The van der Waals surface area contributed by atoms with Crippen molar-refractivity contribution < 1.29 is 4.79 Å². The van der Waals surface area contributed by atoms with Gasteiger partial charge >= 0.3 is 0 Å². The van der Waals surface area contributed by atoms with Crippen molar-refractivity contribution in [2.75, 3.05) is 6.54 Å². The predicted molar refractivity (Wildman–Crippen MR) is 91.4 cm³/mol. The number of carbonyl (C=O) groups is 1. The lowest BCUT2D eigenvalue weighted by Gasteiger charge is -2.21. The molecule has 0 aliphatic rings. The van der Waals surface area contributed by atoms with Crippen LogP contribution in [0.3, 0.4) is 0 Å². The van der Waals surface area contributed by atoms with Crippen molar-refractivity contribution in [3.63, 3.8) is 0 Å². The van der Waals surface area contributed by atoms with Crippen LogP contribution in [0.4, 0.5) is 0 Å². The third-order valence-corrected chi connectivity index (χ3v) is 5.01. The average Bonchev–Trinajstić information content (AvgIpc) is 3.21. The molecule has 6 heteroatoms. The fraction of sp³-hybridized carbons (Fsp3) is 0.312. The Morgan fingerprint density at radius 2 is 2.18 bits per heavy atom. The molecule has 1 aromatic carbocycles. The molecule has 0 radical (unpaired) electrons. The highest BCUT2D eigenvalue weighted by molar-refractivity contribution is 7.16. The quantitative estimate of drug-likeness (QED) is 0.680. The summed E-state index contributed by atoms with van der Waals surface area (Å²) < 4.78 is 1.05. The van der Waals surface area contributed by atoms with Gasteiger partial charge in [-0.05, 0) is 24.6 Å². The summed E-state index contributed by atoms with van der Waals surface area (Å²) in [7, 11) is 0. The first-order valence-corrected chi connectivity index (χ1v) is 9.04. The molecule has 22 heavy (non-hydrogen) atoms. The number of aromatic nitrogens is 2. The molecule has 0 unspecified atom stereocenters. The molecule has 2 heterocycles. The second kappa shape index (κ2) is 6.98. The van der Waals surface area contributed by atoms with Gasteiger partial charge in [-0.3, -0.25) is 4.79 Å². The van der Waals surface area contributed by atoms with E-state index in [-0.39, 0.29) is 5.91 Å². The van der Waals surface area contributed by atoms with Crippen LogP contribution in [-0.2, 0) is 6.54 Å². The van der Waals surface area contributed by atoms with E-state index < -0.39 is 0 Å². The van der Waals surface area contributed by atoms with Gasteiger partial charge in [0.05, 0.1) is 22.3 Å². The predicted octanol–water partition coefficient (Wildman–Crippen LogP) is 4.20. The van der Waals surface area contributed by atoms with E-state index >= 15 is 0 Å². The molecule has 114 valence electrons. The Morgan fingerprint density at radius 1 is 1.27 bits per heavy atom. The van der Waals surface area contributed by atoms with E-state index in [1.165, 1.54) is 0 Å². The van der Waals surface area contributed by atoms with Crippen LogP contribution in [0.25, 0.3) is 10.2 Å². The molecule has 0 atom stereocenters. The molecule has 0 saturated carbocycles. The van der Waals surface area contributed by atoms with E-state index in [1.54, 1.807) is 28.9 Å². The fourth-order valence-corrected chi connectivity index (χ4v) is 3.61. The molecule has 2 aromatic heterocycles. The van der Waals surface area contributed by atoms with Gasteiger partial charge in [-0.15, -0.1) is 22.7 Å². The van der Waals surface area contributed by atoms with Crippen molar-refractivity contribution in [1.29, 1.82) is 0 Å². The van der Waals surface area contributed by atoms with E-state index in [9.17, 15) is 4.79 Å². The van der Waals surface area contributed by atoms with Gasteiger partial charge in [0.2, 0.25) is 0 Å². The Kier molecular flexibility index (Phi) is 4.80. The van der Waals surface area contributed by atoms with E-state index in [0.29, 0.717) is 6.54 Å². The smallest absolute Gasteiger partial charge is 0.254 e. The maximum Gasteiger partial charge on any atom is 0.254 e. The molecule has 0 saturated heterocycles. The third-order valence-electron chi connectivity index (χ3n) is 3.46. The molecule has 0 aliphatic heterocycles. The highest BCUT2D eigenvalue weighted by atomic mass is 32.1. The molecule has 4 nitrogen and oxygen atoms in total. The Balaban J connectivity index is 1.83. The van der Waals surface area contributed by atoms with Crippen LogP contribution in [0, 0.1) is 0 Å². The van der Waals surface area contributed by atoms with Crippen LogP contribution in [0.1, 0.15) is 35.1 Å². The number of hydrogen-bond acceptors (Lipinski definition) is 5. The topological polar surface area (TPSA) is 46.1 Å². The molecular formula is C16H17N3OS2. The lowest BCUT2D eigenvalue weighted by Crippen LogP contribution is -2.31. The van der Waals surface area contributed by atoms with Gasteiger partial charge in [-0.1, -0.05) is 13.3 Å². The zero-order valence-corrected chi connectivity index (χ0v) is 14.0. The Bertz CT molecular complexity index is 752. The summed E-state index contributed by atoms with van der Waals surface area (Å²) in [4.78, 5) is 23.3. The summed E-state index contributed by atoms with van der Waals surface area (Å²) in [5, 5.41) is 2.92. The summed E-state index contributed by atoms with van der Waals surface area (Å²) in [5.74, 6) is 0.0685. The summed E-state index contributed by atoms with van der Waals surface area (Å²) in [5.41, 5.74) is 3.48. The minimum absolute atomic E-state index is 0.0685. The molecule has 0 bridgehead atoms. The van der Waals surface area contributed by atoms with Crippen molar-refractivity contribution in [2.24, 2.45) is 0 Å². The first-order valence-electron chi connectivity index (χ1n) is 7.29. The van der Waals surface area contributed by atoms with Crippen molar-refractivity contribution in [2.45, 2.75) is 26.3 Å². The number of hydrogen-bond donors (Lipinski definition) is 0. The number of fused-ring (bicyclic) bond motifs is 1. The van der Waals surface area contributed by atoms with Gasteiger partial charge in [0.15, 0.2) is 0 Å². The van der Waals surface area contributed by atoms with E-state index in [0.717, 1.165) is 40.2 Å². The number of unbranched alkanes of at least 4 members (excludes halogenated alkanes) is 1. The van der Waals surface area contributed by atoms with Gasteiger partial charge < -0.3 is 4.90 Å². The average molecular weight is 331 g/mol. The van der Waals surface area contributed by atoms with Crippen LogP contribution in [-0.4, -0.2) is 27.3 Å². The SMILES string of the molecule is CCCCN(Cc1nccs1)C(=O)c1ccc2ncsc2c1. The number of rotatable bonds is 6. The van der Waals surface area contributed by atoms with Gasteiger partial charge in [0.25, 0.3) is 5.91 Å². The van der Waals surface area contributed by atoms with Crippen LogP contribution < -0.4 is 0 Å². The molecule has 0 fully saturated rings. The lowest BCUT2D eigenvalue weighted by molar-refractivity contribution is 0.0741. The van der Waals surface area contributed by atoms with Gasteiger partial charge in [-0.25, -0.2) is 9.97 Å². The van der Waals surface area contributed by atoms with Gasteiger partial charge in [0, 0.05) is 23.7 Å². The van der Waals surface area contributed by atoms with Crippen molar-refractivity contribution in [3.8, 4) is 0 Å². The maximum atomic E-state index is 12.8. The minimum Gasteiger partial charge on any atom is -0.332 e. The fourth-order valence-electron chi connectivity index (χ4n) is 2.27. The van der Waals surface area contributed by atoms with Crippen LogP contribution in [0.2, 0.25) is 0 Å². The van der Waals surface area contributed by atoms with Crippen molar-refractivity contribution in [1.82, 2.24) is 14.9 Å². The molecule has 0 aliphatic carbocycles. The molecular weight excluding hydrogens is 314 g/mol. The second-order valence-electron chi connectivity index (χ2n) is 5.04. The Labute approximate surface area is 137 Å². The number of carbonyl (C=O) groups excluding carboxylic acids is 1. The van der Waals surface area contributed by atoms with Crippen molar-refractivity contribution >= 4 is 38.8 Å². The zero-order valence-electron chi connectivity index (χ0n) is 12.4. The minimum atomic E-state index is 0.0685. The van der Waals surface area contributed by atoms with Crippen LogP contribution in [0.5, 0.6) is 0 Å². The molecule has 0 N–H and O–H groups in total. The highest BCUT2D eigenvalue weighted by Gasteiger charge is 2.17. The number of amides is 1. The maximum absolute atomic E-state index is 12.8. The molecule has 1 amide bonds. The highest BCUT2D eigenvalue weighted by Crippen LogP contribution is 2.21. The zero-order chi connectivity index (χ0) is 15.4. The Morgan fingerprint density at radius 3 is 2.95 bits per heavy atom. The number of thiazole rings is 2. The summed E-state index contributed by atoms with van der Waals surface area (Å²) >= 11 is 3.15. The molecule has 3 rings (SSSR count). The Hall–Kier alpha value is -1.79. The second-order valence-corrected chi connectivity index (χ2v) is 6.91. The monoisotopic (exact) mass is 331 g/mol. The van der Waals surface area contributed by atoms with E-state index in [4.69, 9.17) is 0 Å². The largest absolute Gasteiger partial charge is 0.332 e. The van der Waals surface area contributed by atoms with E-state index in [2.05, 4.69) is 16.9 Å². The number of nitrogens with zero attached hydrogens (tertiary/aromatic N) is 3. The summed E-state index contributed by atoms with van der Waals surface area (Å²) in [6.45, 7) is 3.47. The lowest BCUT2D eigenvalue weighted by atomic mass is 10.1. The van der Waals surface area contributed by atoms with Crippen LogP contribution >= 0.6 is 22.7 Å².